The maximum Gasteiger partial charge on any atom is 0.131 e. The number of primary amides is 1. The second-order valence-electron chi connectivity index (χ2n) is 3.32. The van der Waals surface area contributed by atoms with Gasteiger partial charge in [0.05, 0.1) is 42.3 Å². The Morgan fingerprint density at radius 1 is 1.00 bits per heavy atom. The normalized spacial score (nSPS) is 7.38. The van der Waals surface area contributed by atoms with Crippen LogP contribution >= 0.6 is 0 Å². The summed E-state index contributed by atoms with van der Waals surface area (Å²) in [5.41, 5.74) is 3.92. The number of quaternary nitrogens is 2. The van der Waals surface area contributed by atoms with E-state index in [4.69, 9.17) is 9.90 Å². The first kappa shape index (κ1) is 22.9. The van der Waals surface area contributed by atoms with Crippen molar-refractivity contribution in [3.63, 3.8) is 0 Å². The molecule has 84 valence electrons. The summed E-state index contributed by atoms with van der Waals surface area (Å²) in [6.07, 6.45) is -1.58. The Labute approximate surface area is 86.9 Å². The van der Waals surface area contributed by atoms with Gasteiger partial charge in [-0.05, 0) is 0 Å². The van der Waals surface area contributed by atoms with Crippen molar-refractivity contribution in [2.75, 3.05) is 42.3 Å². The minimum absolute atomic E-state index is 0. The van der Waals surface area contributed by atoms with Crippen LogP contribution in [-0.2, 0) is 0 Å². The summed E-state index contributed by atoms with van der Waals surface area (Å²) in [5.74, 6) is 0. The summed E-state index contributed by atoms with van der Waals surface area (Å²) in [5, 5.41) is 8.67. The van der Waals surface area contributed by atoms with Gasteiger partial charge in [0.25, 0.3) is 0 Å². The van der Waals surface area contributed by atoms with Crippen molar-refractivity contribution in [2.45, 2.75) is 0 Å². The fourth-order valence-electron chi connectivity index (χ4n) is 0. The zero-order valence-electron chi connectivity index (χ0n) is 9.27. The van der Waals surface area contributed by atoms with Gasteiger partial charge >= 0.3 is 0 Å². The molecule has 0 aliphatic heterocycles. The minimum atomic E-state index is -1.58. The van der Waals surface area contributed by atoms with Crippen LogP contribution in [0.5, 0.6) is 0 Å². The fourth-order valence-corrected chi connectivity index (χ4v) is 0. The van der Waals surface area contributed by atoms with E-state index in [1.54, 1.807) is 0 Å². The highest BCUT2D eigenvalue weighted by Gasteiger charge is 1.61. The number of amides is 1. The summed E-state index contributed by atoms with van der Waals surface area (Å²) >= 11 is 0. The molecule has 0 atom stereocenters. The summed E-state index contributed by atoms with van der Waals surface area (Å²) < 4.78 is 0. The van der Waals surface area contributed by atoms with E-state index in [2.05, 4.69) is 48.0 Å². The van der Waals surface area contributed by atoms with Gasteiger partial charge in [-0.3, -0.25) is 0 Å². The topological polar surface area (TPSA) is 75.0 Å². The smallest absolute Gasteiger partial charge is 0.131 e. The van der Waals surface area contributed by atoms with Gasteiger partial charge in [0.2, 0.25) is 0 Å². The molecule has 5 nitrogen and oxygen atoms in total. The molecule has 0 unspecified atom stereocenters. The second kappa shape index (κ2) is 17.5. The lowest BCUT2D eigenvalue weighted by Crippen LogP contribution is -3.02. The Hall–Kier alpha value is -0.520. The summed E-state index contributed by atoms with van der Waals surface area (Å²) in [4.78, 5) is 11.5. The van der Waals surface area contributed by atoms with Crippen molar-refractivity contribution in [2.24, 2.45) is 5.73 Å². The maximum atomic E-state index is 8.67. The van der Waals surface area contributed by atoms with Crippen LogP contribution in [0.2, 0.25) is 0 Å². The molecular formula is C7H22ClN3O2. The molecule has 13 heavy (non-hydrogen) atoms. The highest BCUT2D eigenvalue weighted by molar-refractivity contribution is 5.58. The van der Waals surface area contributed by atoms with E-state index >= 15 is 0 Å². The van der Waals surface area contributed by atoms with Crippen molar-refractivity contribution in [3.8, 4) is 0 Å². The molecule has 0 heterocycles. The Kier molecular flexibility index (Phi) is 30.8. The van der Waals surface area contributed by atoms with Crippen LogP contribution in [-0.4, -0.2) is 48.4 Å². The van der Waals surface area contributed by atoms with E-state index in [0.717, 1.165) is 0 Å². The standard InChI is InChI=1S/2C3H9N.CH3NO2.ClH/c2*1-4(2)3;2-1(3)4;/h2*1-3H3;2H2,(H,3,4);1H. The molecule has 0 aromatic rings. The number of carboxylic acid groups (broad SMARTS) is 1. The number of halogens is 1. The van der Waals surface area contributed by atoms with Crippen molar-refractivity contribution in [3.05, 3.63) is 0 Å². The van der Waals surface area contributed by atoms with Gasteiger partial charge in [0.1, 0.15) is 6.09 Å². The molecule has 0 spiro atoms. The highest BCUT2D eigenvalue weighted by Crippen LogP contribution is 1.23. The number of hydrogen-bond acceptors (Lipinski definition) is 2. The quantitative estimate of drug-likeness (QED) is 0.376. The molecule has 0 fully saturated rings. The van der Waals surface area contributed by atoms with E-state index in [0.29, 0.717) is 0 Å². The fraction of sp³-hybridized carbons (Fsp3) is 0.857. The molecule has 0 aromatic carbocycles. The molecule has 0 aromatic heterocycles. The summed E-state index contributed by atoms with van der Waals surface area (Å²) in [6, 6.07) is 0. The zero-order valence-corrected chi connectivity index (χ0v) is 10.0. The monoisotopic (exact) mass is 215 g/mol. The van der Waals surface area contributed by atoms with Crippen molar-refractivity contribution in [1.29, 1.82) is 0 Å². The largest absolute Gasteiger partial charge is 1.00 e. The molecule has 0 saturated heterocycles. The number of carbonyl (C=O) groups excluding carboxylic acids is 1. The first-order valence-electron chi connectivity index (χ1n) is 3.70. The lowest BCUT2D eigenvalue weighted by molar-refractivity contribution is -0.836. The zero-order chi connectivity index (χ0) is 10.7. The average molecular weight is 216 g/mol. The first-order chi connectivity index (χ1) is 5.20. The molecule has 4 N–H and O–H groups in total. The van der Waals surface area contributed by atoms with Crippen LogP contribution in [0.1, 0.15) is 0 Å². The third-order valence-electron chi connectivity index (χ3n) is 0. The lowest BCUT2D eigenvalue weighted by Gasteiger charge is -1.88. The van der Waals surface area contributed by atoms with Gasteiger partial charge in [-0.15, -0.1) is 0 Å². The molecule has 0 aliphatic carbocycles. The Balaban J connectivity index is -0.0000000450. The third kappa shape index (κ3) is 3820. The summed E-state index contributed by atoms with van der Waals surface area (Å²) in [6.45, 7) is 0. The van der Waals surface area contributed by atoms with Gasteiger partial charge in [-0.25, -0.2) is 0 Å². The van der Waals surface area contributed by atoms with Gasteiger partial charge < -0.3 is 37.8 Å². The van der Waals surface area contributed by atoms with E-state index < -0.39 is 6.09 Å². The number of carbonyl (C=O) groups is 1. The van der Waals surface area contributed by atoms with Crippen molar-refractivity contribution >= 4 is 6.09 Å². The minimum Gasteiger partial charge on any atom is -1.00 e. The molecule has 0 aliphatic rings. The molecule has 0 radical (unpaired) electrons. The maximum absolute atomic E-state index is 8.67. The van der Waals surface area contributed by atoms with E-state index in [1.807, 2.05) is 0 Å². The molecule has 0 bridgehead atoms. The van der Waals surface area contributed by atoms with Crippen LogP contribution in [0.4, 0.5) is 4.79 Å². The molecule has 6 heteroatoms. The Morgan fingerprint density at radius 2 is 1.00 bits per heavy atom. The van der Waals surface area contributed by atoms with Crippen molar-refractivity contribution < 1.29 is 32.1 Å². The van der Waals surface area contributed by atoms with Crippen LogP contribution in [0.15, 0.2) is 0 Å². The Morgan fingerprint density at radius 3 is 1.00 bits per heavy atom. The third-order valence-corrected chi connectivity index (χ3v) is 0. The van der Waals surface area contributed by atoms with Crippen LogP contribution < -0.4 is 33.0 Å². The number of rotatable bonds is 0. The molecule has 0 saturated carbocycles. The summed E-state index contributed by atoms with van der Waals surface area (Å²) in [7, 11) is 12.5. The SMILES string of the molecule is C[NH+](C)C.C[NH+](C)C.NC(=O)[O-].[Cl-]. The number of nitrogens with one attached hydrogen (secondary N) is 2. The molecule has 1 amide bonds. The first-order valence-corrected chi connectivity index (χ1v) is 3.70. The predicted molar refractivity (Wildman–Crippen MR) is 47.1 cm³/mol. The van der Waals surface area contributed by atoms with Crippen LogP contribution in [0.25, 0.3) is 0 Å². The van der Waals surface area contributed by atoms with Crippen LogP contribution in [0, 0.1) is 0 Å². The predicted octanol–water partition coefficient (Wildman–Crippen LogP) is -7.19. The van der Waals surface area contributed by atoms with Gasteiger partial charge in [-0.1, -0.05) is 0 Å². The van der Waals surface area contributed by atoms with Crippen LogP contribution in [0.3, 0.4) is 0 Å². The van der Waals surface area contributed by atoms with Gasteiger partial charge in [-0.2, -0.15) is 0 Å². The van der Waals surface area contributed by atoms with E-state index in [9.17, 15) is 0 Å². The second-order valence-corrected chi connectivity index (χ2v) is 3.32. The molecular weight excluding hydrogens is 194 g/mol. The van der Waals surface area contributed by atoms with Gasteiger partial charge in [0.15, 0.2) is 0 Å². The molecule has 0 rings (SSSR count). The van der Waals surface area contributed by atoms with Crippen molar-refractivity contribution in [1.82, 2.24) is 0 Å². The van der Waals surface area contributed by atoms with E-state index in [-0.39, 0.29) is 12.4 Å². The number of hydrogen-bond donors (Lipinski definition) is 3. The van der Waals surface area contributed by atoms with E-state index in [1.165, 1.54) is 9.80 Å². The number of nitrogens with two attached hydrogens (primary N) is 1. The highest BCUT2D eigenvalue weighted by atomic mass is 35.5. The lowest BCUT2D eigenvalue weighted by atomic mass is 11.0. The van der Waals surface area contributed by atoms with Gasteiger partial charge in [0, 0.05) is 0 Å². The average Bonchev–Trinajstić information content (AvgIpc) is 1.54. The Bertz CT molecular complexity index is 84.2.